The molecule has 0 atom stereocenters. The van der Waals surface area contributed by atoms with Crippen LogP contribution in [0.2, 0.25) is 5.28 Å². The van der Waals surface area contributed by atoms with Gasteiger partial charge >= 0.3 is 6.01 Å². The number of ether oxygens (including phenoxy) is 1. The molecule has 18 heavy (non-hydrogen) atoms. The molecule has 6 nitrogen and oxygen atoms in total. The summed E-state index contributed by atoms with van der Waals surface area (Å²) in [5.74, 6) is 0.376. The Morgan fingerprint density at radius 2 is 2.00 bits per heavy atom. The van der Waals surface area contributed by atoms with Crippen molar-refractivity contribution in [2.24, 2.45) is 0 Å². The van der Waals surface area contributed by atoms with Gasteiger partial charge in [0.05, 0.1) is 18.1 Å². The van der Waals surface area contributed by atoms with E-state index in [9.17, 15) is 0 Å². The fraction of sp³-hybridized carbons (Fsp3) is 0.0909. The summed E-state index contributed by atoms with van der Waals surface area (Å²) in [6.07, 6.45) is 1.63. The number of aromatic nitrogens is 5. The molecule has 0 amide bonds. The molecule has 3 rings (SSSR count). The molecule has 2 heterocycles. The molecule has 0 unspecified atom stereocenters. The number of benzene rings is 1. The Kier molecular flexibility index (Phi) is 2.56. The van der Waals surface area contributed by atoms with E-state index in [-0.39, 0.29) is 11.3 Å². The Morgan fingerprint density at radius 1 is 1.17 bits per heavy atom. The summed E-state index contributed by atoms with van der Waals surface area (Å²) in [5.41, 5.74) is 1.75. The van der Waals surface area contributed by atoms with Gasteiger partial charge in [0.15, 0.2) is 0 Å². The van der Waals surface area contributed by atoms with E-state index < -0.39 is 0 Å². The zero-order chi connectivity index (χ0) is 12.5. The first kappa shape index (κ1) is 10.9. The Hall–Kier alpha value is -2.21. The van der Waals surface area contributed by atoms with Gasteiger partial charge in [-0.3, -0.25) is 4.57 Å². The van der Waals surface area contributed by atoms with Crippen molar-refractivity contribution in [2.45, 2.75) is 0 Å². The Bertz CT molecular complexity index is 711. The van der Waals surface area contributed by atoms with E-state index in [2.05, 4.69) is 19.9 Å². The van der Waals surface area contributed by atoms with E-state index in [1.54, 1.807) is 10.9 Å². The van der Waals surface area contributed by atoms with Crippen LogP contribution in [-0.2, 0) is 0 Å². The molecule has 0 saturated carbocycles. The lowest BCUT2D eigenvalue weighted by Crippen LogP contribution is -2.03. The van der Waals surface area contributed by atoms with Gasteiger partial charge in [-0.15, -0.1) is 0 Å². The number of para-hydroxylation sites is 2. The predicted molar refractivity (Wildman–Crippen MR) is 66.0 cm³/mol. The lowest BCUT2D eigenvalue weighted by Gasteiger charge is -2.04. The summed E-state index contributed by atoms with van der Waals surface area (Å²) in [7, 11) is 1.47. The number of fused-ring (bicyclic) bond motifs is 1. The molecule has 3 aromatic rings. The molecule has 0 spiro atoms. The fourth-order valence-corrected chi connectivity index (χ4v) is 1.79. The first-order valence-electron chi connectivity index (χ1n) is 5.16. The van der Waals surface area contributed by atoms with Crippen molar-refractivity contribution in [2.75, 3.05) is 7.11 Å². The zero-order valence-electron chi connectivity index (χ0n) is 9.41. The summed E-state index contributed by atoms with van der Waals surface area (Å²) in [5, 5.41) is 0.0784. The molecule has 1 aromatic carbocycles. The Morgan fingerprint density at radius 3 is 2.83 bits per heavy atom. The lowest BCUT2D eigenvalue weighted by atomic mass is 10.3. The maximum absolute atomic E-state index is 5.82. The molecular formula is C11H8ClN5O. The minimum Gasteiger partial charge on any atom is -0.467 e. The Labute approximate surface area is 107 Å². The van der Waals surface area contributed by atoms with E-state index >= 15 is 0 Å². The first-order valence-corrected chi connectivity index (χ1v) is 5.54. The summed E-state index contributed by atoms with van der Waals surface area (Å²) < 4.78 is 6.69. The van der Waals surface area contributed by atoms with Crippen molar-refractivity contribution >= 4 is 22.6 Å². The maximum atomic E-state index is 5.82. The van der Waals surface area contributed by atoms with Crippen molar-refractivity contribution in [1.82, 2.24) is 24.5 Å². The minimum atomic E-state index is 0.0784. The van der Waals surface area contributed by atoms with Crippen LogP contribution in [0.4, 0.5) is 0 Å². The molecular weight excluding hydrogens is 254 g/mol. The van der Waals surface area contributed by atoms with Crippen LogP contribution in [-0.4, -0.2) is 31.6 Å². The maximum Gasteiger partial charge on any atom is 0.322 e. The number of rotatable bonds is 2. The van der Waals surface area contributed by atoms with Gasteiger partial charge in [0.1, 0.15) is 6.33 Å². The highest BCUT2D eigenvalue weighted by Gasteiger charge is 2.10. The average Bonchev–Trinajstić information content (AvgIpc) is 2.81. The number of hydrogen-bond acceptors (Lipinski definition) is 5. The molecule has 0 fully saturated rings. The standard InChI is InChI=1S/C11H8ClN5O/c1-18-11-15-9(12)14-10(16-11)17-6-13-7-4-2-3-5-8(7)17/h2-6H,1H3. The van der Waals surface area contributed by atoms with Crippen LogP contribution in [0.3, 0.4) is 0 Å². The van der Waals surface area contributed by atoms with Crippen LogP contribution in [0.25, 0.3) is 17.0 Å². The second-order valence-electron chi connectivity index (χ2n) is 3.49. The Balaban J connectivity index is 2.22. The highest BCUT2D eigenvalue weighted by atomic mass is 35.5. The van der Waals surface area contributed by atoms with E-state index in [0.29, 0.717) is 5.95 Å². The molecule has 0 bridgehead atoms. The third-order valence-corrected chi connectivity index (χ3v) is 2.60. The van der Waals surface area contributed by atoms with Crippen molar-refractivity contribution in [1.29, 1.82) is 0 Å². The third kappa shape index (κ3) is 1.76. The van der Waals surface area contributed by atoms with Gasteiger partial charge in [-0.1, -0.05) is 12.1 Å². The smallest absolute Gasteiger partial charge is 0.322 e. The average molecular weight is 262 g/mol. The second-order valence-corrected chi connectivity index (χ2v) is 3.83. The van der Waals surface area contributed by atoms with Gasteiger partial charge in [0.2, 0.25) is 11.2 Å². The van der Waals surface area contributed by atoms with E-state index in [0.717, 1.165) is 11.0 Å². The molecule has 0 saturated heterocycles. The number of imidazole rings is 1. The van der Waals surface area contributed by atoms with Crippen LogP contribution in [0.5, 0.6) is 6.01 Å². The lowest BCUT2D eigenvalue weighted by molar-refractivity contribution is 0.377. The molecule has 2 aromatic heterocycles. The fourth-order valence-electron chi connectivity index (χ4n) is 1.64. The SMILES string of the molecule is COc1nc(Cl)nc(-n2cnc3ccccc32)n1. The molecule has 0 N–H and O–H groups in total. The number of nitrogens with zero attached hydrogens (tertiary/aromatic N) is 5. The van der Waals surface area contributed by atoms with E-state index in [1.807, 2.05) is 24.3 Å². The number of halogens is 1. The van der Waals surface area contributed by atoms with Crippen molar-refractivity contribution < 1.29 is 4.74 Å². The van der Waals surface area contributed by atoms with Gasteiger partial charge in [-0.05, 0) is 23.7 Å². The predicted octanol–water partition coefficient (Wildman–Crippen LogP) is 1.87. The van der Waals surface area contributed by atoms with Crippen LogP contribution in [0.15, 0.2) is 30.6 Å². The van der Waals surface area contributed by atoms with Gasteiger partial charge in [0, 0.05) is 0 Å². The van der Waals surface area contributed by atoms with Gasteiger partial charge in [0.25, 0.3) is 0 Å². The molecule has 0 aliphatic carbocycles. The number of methoxy groups -OCH3 is 1. The second kappa shape index (κ2) is 4.23. The topological polar surface area (TPSA) is 65.7 Å². The molecule has 0 aliphatic rings. The summed E-state index contributed by atoms with van der Waals surface area (Å²) >= 11 is 5.82. The molecule has 90 valence electrons. The largest absolute Gasteiger partial charge is 0.467 e. The summed E-state index contributed by atoms with van der Waals surface area (Å²) in [4.78, 5) is 16.3. The number of hydrogen-bond donors (Lipinski definition) is 0. The monoisotopic (exact) mass is 261 g/mol. The molecule has 0 radical (unpaired) electrons. The minimum absolute atomic E-state index is 0.0784. The summed E-state index contributed by atoms with van der Waals surface area (Å²) in [6.45, 7) is 0. The quantitative estimate of drug-likeness (QED) is 0.705. The van der Waals surface area contributed by atoms with Gasteiger partial charge in [-0.2, -0.15) is 15.0 Å². The van der Waals surface area contributed by atoms with Crippen molar-refractivity contribution in [3.63, 3.8) is 0 Å². The first-order chi connectivity index (χ1) is 8.78. The molecule has 7 heteroatoms. The van der Waals surface area contributed by atoms with Gasteiger partial charge in [-0.25, -0.2) is 4.98 Å². The van der Waals surface area contributed by atoms with Crippen molar-refractivity contribution in [3.8, 4) is 12.0 Å². The molecule has 0 aliphatic heterocycles. The zero-order valence-corrected chi connectivity index (χ0v) is 10.2. The highest BCUT2D eigenvalue weighted by Crippen LogP contribution is 2.17. The van der Waals surface area contributed by atoms with Crippen LogP contribution in [0.1, 0.15) is 0 Å². The van der Waals surface area contributed by atoms with Crippen LogP contribution >= 0.6 is 11.6 Å². The van der Waals surface area contributed by atoms with Crippen molar-refractivity contribution in [3.05, 3.63) is 35.9 Å². The highest BCUT2D eigenvalue weighted by molar-refractivity contribution is 6.28. The normalized spacial score (nSPS) is 10.8. The third-order valence-electron chi connectivity index (χ3n) is 2.43. The van der Waals surface area contributed by atoms with E-state index in [1.165, 1.54) is 7.11 Å². The van der Waals surface area contributed by atoms with E-state index in [4.69, 9.17) is 16.3 Å². The van der Waals surface area contributed by atoms with Crippen LogP contribution in [0, 0.1) is 0 Å². The summed E-state index contributed by atoms with van der Waals surface area (Å²) in [6, 6.07) is 7.84. The van der Waals surface area contributed by atoms with Gasteiger partial charge < -0.3 is 4.74 Å². The van der Waals surface area contributed by atoms with Crippen LogP contribution < -0.4 is 4.74 Å².